The molecule has 4 aromatic rings. The van der Waals surface area contributed by atoms with E-state index in [1.54, 1.807) is 25.3 Å². The summed E-state index contributed by atoms with van der Waals surface area (Å²) >= 11 is 0. The molecule has 0 spiro atoms. The number of fused-ring (bicyclic) bond motifs is 1. The SMILES string of the molecule is CCC(=O)Nc1cc(-c2ccnc(-n3ncc4cc(C(C)(C)C)cc(F)c4c3=O)c2CO)cn(C)c1=O. The Hall–Kier alpha value is -4.18. The van der Waals surface area contributed by atoms with Crippen molar-refractivity contribution in [2.24, 2.45) is 7.05 Å². The number of aliphatic hydroxyl groups excluding tert-OH is 1. The number of aliphatic hydroxyl groups is 1. The summed E-state index contributed by atoms with van der Waals surface area (Å²) in [4.78, 5) is 42.1. The largest absolute Gasteiger partial charge is 0.392 e. The first kappa shape index (κ1) is 25.9. The minimum atomic E-state index is -0.717. The van der Waals surface area contributed by atoms with E-state index in [4.69, 9.17) is 0 Å². The molecular formula is C27H28FN5O4. The van der Waals surface area contributed by atoms with Gasteiger partial charge in [-0.15, -0.1) is 0 Å². The number of aromatic nitrogens is 4. The number of carbonyl (C=O) groups excluding carboxylic acids is 1. The van der Waals surface area contributed by atoms with Gasteiger partial charge in [-0.05, 0) is 40.8 Å². The van der Waals surface area contributed by atoms with Crippen LogP contribution in [-0.2, 0) is 23.9 Å². The first-order valence-corrected chi connectivity index (χ1v) is 11.8. The summed E-state index contributed by atoms with van der Waals surface area (Å²) in [6, 6.07) is 6.20. The van der Waals surface area contributed by atoms with Crippen molar-refractivity contribution in [3.8, 4) is 16.9 Å². The molecule has 2 N–H and O–H groups in total. The van der Waals surface area contributed by atoms with Crippen LogP contribution in [0.4, 0.5) is 10.1 Å². The second-order valence-electron chi connectivity index (χ2n) is 9.81. The number of benzene rings is 1. The second-order valence-corrected chi connectivity index (χ2v) is 9.81. The minimum Gasteiger partial charge on any atom is -0.392 e. The van der Waals surface area contributed by atoms with Crippen molar-refractivity contribution in [1.29, 1.82) is 0 Å². The second kappa shape index (κ2) is 9.70. The number of rotatable bonds is 5. The fourth-order valence-electron chi connectivity index (χ4n) is 4.09. The molecule has 0 radical (unpaired) electrons. The summed E-state index contributed by atoms with van der Waals surface area (Å²) in [5.74, 6) is -0.963. The number of amides is 1. The van der Waals surface area contributed by atoms with E-state index in [2.05, 4.69) is 15.4 Å². The summed E-state index contributed by atoms with van der Waals surface area (Å²) in [6.07, 6.45) is 4.57. The molecule has 3 aromatic heterocycles. The Morgan fingerprint density at radius 2 is 1.89 bits per heavy atom. The first-order chi connectivity index (χ1) is 17.5. The number of pyridine rings is 2. The van der Waals surface area contributed by atoms with E-state index < -0.39 is 23.5 Å². The van der Waals surface area contributed by atoms with Crippen LogP contribution in [0.5, 0.6) is 0 Å². The van der Waals surface area contributed by atoms with E-state index in [1.807, 2.05) is 20.8 Å². The molecule has 0 unspecified atom stereocenters. The molecule has 0 aliphatic carbocycles. The van der Waals surface area contributed by atoms with E-state index in [9.17, 15) is 19.5 Å². The zero-order valence-electron chi connectivity index (χ0n) is 21.3. The van der Waals surface area contributed by atoms with Crippen LogP contribution in [0, 0.1) is 5.82 Å². The van der Waals surface area contributed by atoms with Crippen molar-refractivity contribution < 1.29 is 14.3 Å². The van der Waals surface area contributed by atoms with Crippen molar-refractivity contribution in [1.82, 2.24) is 19.3 Å². The fourth-order valence-corrected chi connectivity index (χ4v) is 4.09. The van der Waals surface area contributed by atoms with Crippen LogP contribution in [0.3, 0.4) is 0 Å². The van der Waals surface area contributed by atoms with Gasteiger partial charge in [-0.3, -0.25) is 14.4 Å². The average Bonchev–Trinajstić information content (AvgIpc) is 2.85. The molecule has 0 aliphatic heterocycles. The number of halogens is 1. The van der Waals surface area contributed by atoms with Gasteiger partial charge in [0.1, 0.15) is 11.5 Å². The van der Waals surface area contributed by atoms with Crippen LogP contribution < -0.4 is 16.4 Å². The summed E-state index contributed by atoms with van der Waals surface area (Å²) in [5.41, 5.74) is 0.571. The maximum absolute atomic E-state index is 15.1. The zero-order valence-corrected chi connectivity index (χ0v) is 21.3. The molecule has 0 fully saturated rings. The third-order valence-corrected chi connectivity index (χ3v) is 6.19. The van der Waals surface area contributed by atoms with Gasteiger partial charge in [0.05, 0.1) is 18.2 Å². The molecule has 4 rings (SSSR count). The third-order valence-electron chi connectivity index (χ3n) is 6.19. The molecule has 0 aliphatic rings. The molecule has 0 bridgehead atoms. The van der Waals surface area contributed by atoms with Gasteiger partial charge < -0.3 is 15.0 Å². The summed E-state index contributed by atoms with van der Waals surface area (Å²) in [5, 5.41) is 17.3. The lowest BCUT2D eigenvalue weighted by Crippen LogP contribution is -2.25. The van der Waals surface area contributed by atoms with Crippen molar-refractivity contribution in [3.05, 3.63) is 80.5 Å². The molecular weight excluding hydrogens is 477 g/mol. The Morgan fingerprint density at radius 3 is 2.54 bits per heavy atom. The van der Waals surface area contributed by atoms with E-state index >= 15 is 4.39 Å². The Balaban J connectivity index is 1.92. The van der Waals surface area contributed by atoms with Gasteiger partial charge in [-0.2, -0.15) is 9.78 Å². The standard InChI is InChI=1S/C27H28FN5O4/c1-6-22(35)31-21-10-16(13-32(5)25(21)36)18-7-8-29-24(19(18)14-34)33-26(37)23-15(12-30-33)9-17(11-20(23)28)27(2,3)4/h7-13,34H,6,14H2,1-5H3,(H,31,35). The molecule has 1 aromatic carbocycles. The monoisotopic (exact) mass is 505 g/mol. The van der Waals surface area contributed by atoms with E-state index in [-0.39, 0.29) is 40.2 Å². The summed E-state index contributed by atoms with van der Waals surface area (Å²) < 4.78 is 17.4. The molecule has 0 atom stereocenters. The van der Waals surface area contributed by atoms with Crippen molar-refractivity contribution in [3.63, 3.8) is 0 Å². The van der Waals surface area contributed by atoms with Gasteiger partial charge in [0.25, 0.3) is 11.1 Å². The number of anilines is 1. The highest BCUT2D eigenvalue weighted by Gasteiger charge is 2.21. The number of nitrogens with one attached hydrogen (secondary N) is 1. The molecule has 0 saturated heterocycles. The topological polar surface area (TPSA) is 119 Å². The number of carbonyl (C=O) groups is 1. The summed E-state index contributed by atoms with van der Waals surface area (Å²) in [7, 11) is 1.54. The van der Waals surface area contributed by atoms with Gasteiger partial charge in [0.2, 0.25) is 5.91 Å². The smallest absolute Gasteiger partial charge is 0.283 e. The average molecular weight is 506 g/mol. The third kappa shape index (κ3) is 4.79. The van der Waals surface area contributed by atoms with Crippen molar-refractivity contribution >= 4 is 22.4 Å². The fraction of sp³-hybridized carbons (Fsp3) is 0.296. The van der Waals surface area contributed by atoms with E-state index in [0.29, 0.717) is 16.5 Å². The highest BCUT2D eigenvalue weighted by molar-refractivity contribution is 5.91. The predicted octanol–water partition coefficient (Wildman–Crippen LogP) is 3.42. The predicted molar refractivity (Wildman–Crippen MR) is 139 cm³/mol. The lowest BCUT2D eigenvalue weighted by molar-refractivity contribution is -0.115. The molecule has 0 saturated carbocycles. The van der Waals surface area contributed by atoms with Gasteiger partial charge in [-0.25, -0.2) is 9.37 Å². The van der Waals surface area contributed by atoms with Gasteiger partial charge in [-0.1, -0.05) is 27.7 Å². The van der Waals surface area contributed by atoms with Gasteiger partial charge in [0, 0.05) is 42.4 Å². The number of nitrogens with zero attached hydrogens (tertiary/aromatic N) is 4. The highest BCUT2D eigenvalue weighted by atomic mass is 19.1. The quantitative estimate of drug-likeness (QED) is 0.429. The maximum Gasteiger partial charge on any atom is 0.283 e. The van der Waals surface area contributed by atoms with Crippen LogP contribution in [0.1, 0.15) is 45.2 Å². The Morgan fingerprint density at radius 1 is 1.16 bits per heavy atom. The lowest BCUT2D eigenvalue weighted by atomic mass is 9.86. The molecule has 1 amide bonds. The molecule has 37 heavy (non-hydrogen) atoms. The molecule has 9 nitrogen and oxygen atoms in total. The lowest BCUT2D eigenvalue weighted by Gasteiger charge is -2.20. The van der Waals surface area contributed by atoms with Crippen LogP contribution in [0.15, 0.2) is 52.4 Å². The highest BCUT2D eigenvalue weighted by Crippen LogP contribution is 2.29. The molecule has 192 valence electrons. The van der Waals surface area contributed by atoms with E-state index in [0.717, 1.165) is 10.2 Å². The maximum atomic E-state index is 15.1. The normalized spacial score (nSPS) is 11.6. The van der Waals surface area contributed by atoms with Crippen LogP contribution in [0.25, 0.3) is 27.7 Å². The van der Waals surface area contributed by atoms with Gasteiger partial charge in [0.15, 0.2) is 5.82 Å². The van der Waals surface area contributed by atoms with E-state index in [1.165, 1.54) is 36.1 Å². The Kier molecular flexibility index (Phi) is 6.79. The Bertz CT molecular complexity index is 1650. The van der Waals surface area contributed by atoms with Gasteiger partial charge >= 0.3 is 0 Å². The molecule has 10 heteroatoms. The van der Waals surface area contributed by atoms with Crippen molar-refractivity contribution in [2.45, 2.75) is 46.1 Å². The Labute approximate surface area is 212 Å². The number of aryl methyl sites for hydroxylation is 1. The van der Waals surface area contributed by atoms with Crippen LogP contribution >= 0.6 is 0 Å². The number of hydrogen-bond donors (Lipinski definition) is 2. The first-order valence-electron chi connectivity index (χ1n) is 11.8. The number of hydrogen-bond acceptors (Lipinski definition) is 6. The zero-order chi connectivity index (χ0) is 27.1. The van der Waals surface area contributed by atoms with Crippen LogP contribution in [-0.4, -0.2) is 30.3 Å². The molecule has 3 heterocycles. The van der Waals surface area contributed by atoms with Crippen molar-refractivity contribution in [2.75, 3.05) is 5.32 Å². The van der Waals surface area contributed by atoms with Crippen LogP contribution in [0.2, 0.25) is 0 Å². The summed E-state index contributed by atoms with van der Waals surface area (Å²) in [6.45, 7) is 7.00. The minimum absolute atomic E-state index is 0.0270.